The van der Waals surface area contributed by atoms with Gasteiger partial charge in [-0.05, 0) is 32.1 Å². The third-order valence-corrected chi connectivity index (χ3v) is 3.32. The molecule has 0 radical (unpaired) electrons. The monoisotopic (exact) mass is 212 g/mol. The van der Waals surface area contributed by atoms with Gasteiger partial charge in [0.1, 0.15) is 0 Å². The average molecular weight is 212 g/mol. The molecule has 3 nitrogen and oxygen atoms in total. The van der Waals surface area contributed by atoms with Gasteiger partial charge in [-0.1, -0.05) is 20.3 Å². The first-order chi connectivity index (χ1) is 7.00. The summed E-state index contributed by atoms with van der Waals surface area (Å²) in [5.41, 5.74) is 5.44. The maximum atomic E-state index is 12.1. The summed E-state index contributed by atoms with van der Waals surface area (Å²) >= 11 is 0. The van der Waals surface area contributed by atoms with E-state index in [9.17, 15) is 4.79 Å². The number of carbonyl (C=O) groups is 1. The van der Waals surface area contributed by atoms with Gasteiger partial charge in [0.15, 0.2) is 0 Å². The van der Waals surface area contributed by atoms with Crippen LogP contribution in [-0.4, -0.2) is 18.5 Å². The van der Waals surface area contributed by atoms with Crippen LogP contribution in [0.15, 0.2) is 0 Å². The highest BCUT2D eigenvalue weighted by Gasteiger charge is 2.44. The SMILES string of the molecule is CC(C)CC1(C(=O)N[C@@H](C)CN)CCC1. The molecule has 88 valence electrons. The molecular weight excluding hydrogens is 188 g/mol. The van der Waals surface area contributed by atoms with E-state index in [1.165, 1.54) is 6.42 Å². The molecule has 1 saturated carbocycles. The number of rotatable bonds is 5. The van der Waals surface area contributed by atoms with E-state index in [0.717, 1.165) is 19.3 Å². The van der Waals surface area contributed by atoms with Crippen molar-refractivity contribution in [2.24, 2.45) is 17.1 Å². The molecule has 0 saturated heterocycles. The van der Waals surface area contributed by atoms with Crippen LogP contribution in [0, 0.1) is 11.3 Å². The molecule has 15 heavy (non-hydrogen) atoms. The van der Waals surface area contributed by atoms with Crippen molar-refractivity contribution < 1.29 is 4.79 Å². The van der Waals surface area contributed by atoms with Crippen LogP contribution < -0.4 is 11.1 Å². The van der Waals surface area contributed by atoms with Gasteiger partial charge in [-0.25, -0.2) is 0 Å². The fourth-order valence-electron chi connectivity index (χ4n) is 2.34. The average Bonchev–Trinajstić information content (AvgIpc) is 2.10. The molecule has 0 heterocycles. The molecule has 3 N–H and O–H groups in total. The van der Waals surface area contributed by atoms with Crippen LogP contribution in [0.25, 0.3) is 0 Å². The van der Waals surface area contributed by atoms with E-state index in [2.05, 4.69) is 19.2 Å². The van der Waals surface area contributed by atoms with Gasteiger partial charge in [0.2, 0.25) is 5.91 Å². The third-order valence-electron chi connectivity index (χ3n) is 3.32. The molecule has 0 aromatic heterocycles. The summed E-state index contributed by atoms with van der Waals surface area (Å²) in [6.07, 6.45) is 4.30. The molecule has 1 aliphatic carbocycles. The minimum Gasteiger partial charge on any atom is -0.352 e. The van der Waals surface area contributed by atoms with Gasteiger partial charge >= 0.3 is 0 Å². The Morgan fingerprint density at radius 2 is 2.00 bits per heavy atom. The highest BCUT2D eigenvalue weighted by atomic mass is 16.2. The van der Waals surface area contributed by atoms with Crippen LogP contribution >= 0.6 is 0 Å². The predicted octanol–water partition coefficient (Wildman–Crippen LogP) is 1.67. The smallest absolute Gasteiger partial charge is 0.226 e. The number of hydrogen-bond acceptors (Lipinski definition) is 2. The second kappa shape index (κ2) is 4.97. The fraction of sp³-hybridized carbons (Fsp3) is 0.917. The Labute approximate surface area is 92.8 Å². The normalized spacial score (nSPS) is 20.9. The maximum Gasteiger partial charge on any atom is 0.226 e. The van der Waals surface area contributed by atoms with Crippen molar-refractivity contribution in [1.29, 1.82) is 0 Å². The van der Waals surface area contributed by atoms with Crippen molar-refractivity contribution >= 4 is 5.91 Å². The van der Waals surface area contributed by atoms with E-state index in [1.54, 1.807) is 0 Å². The Hall–Kier alpha value is -0.570. The molecule has 1 atom stereocenters. The van der Waals surface area contributed by atoms with E-state index >= 15 is 0 Å². The van der Waals surface area contributed by atoms with Crippen LogP contribution in [0.3, 0.4) is 0 Å². The second-order valence-electron chi connectivity index (χ2n) is 5.34. The molecule has 0 spiro atoms. The van der Waals surface area contributed by atoms with Gasteiger partial charge in [-0.3, -0.25) is 4.79 Å². The second-order valence-corrected chi connectivity index (χ2v) is 5.34. The van der Waals surface area contributed by atoms with Crippen molar-refractivity contribution in [3.05, 3.63) is 0 Å². The number of hydrogen-bond donors (Lipinski definition) is 2. The summed E-state index contributed by atoms with van der Waals surface area (Å²) in [6, 6.07) is 0.0992. The minimum atomic E-state index is -0.0718. The number of nitrogens with one attached hydrogen (secondary N) is 1. The van der Waals surface area contributed by atoms with Crippen LogP contribution in [0.1, 0.15) is 46.5 Å². The van der Waals surface area contributed by atoms with Crippen molar-refractivity contribution in [2.75, 3.05) is 6.54 Å². The summed E-state index contributed by atoms with van der Waals surface area (Å²) in [7, 11) is 0. The lowest BCUT2D eigenvalue weighted by Gasteiger charge is -2.42. The lowest BCUT2D eigenvalue weighted by Crippen LogP contribution is -2.50. The fourth-order valence-corrected chi connectivity index (χ4v) is 2.34. The summed E-state index contributed by atoms with van der Waals surface area (Å²) in [5.74, 6) is 0.810. The molecule has 0 bridgehead atoms. The molecular formula is C12H24N2O. The van der Waals surface area contributed by atoms with Crippen LogP contribution in [0.2, 0.25) is 0 Å². The Morgan fingerprint density at radius 3 is 2.33 bits per heavy atom. The summed E-state index contributed by atoms with van der Waals surface area (Å²) in [5, 5.41) is 3.01. The molecule has 1 amide bonds. The minimum absolute atomic E-state index is 0.0718. The highest BCUT2D eigenvalue weighted by molar-refractivity contribution is 5.83. The number of amides is 1. The van der Waals surface area contributed by atoms with E-state index in [1.807, 2.05) is 6.92 Å². The Kier molecular flexibility index (Phi) is 4.14. The molecule has 1 aliphatic rings. The molecule has 1 rings (SSSR count). The lowest BCUT2D eigenvalue weighted by atomic mass is 9.64. The highest BCUT2D eigenvalue weighted by Crippen LogP contribution is 2.46. The van der Waals surface area contributed by atoms with Gasteiger partial charge in [-0.2, -0.15) is 0 Å². The first-order valence-electron chi connectivity index (χ1n) is 6.01. The first kappa shape index (κ1) is 12.5. The maximum absolute atomic E-state index is 12.1. The van der Waals surface area contributed by atoms with Gasteiger partial charge in [-0.15, -0.1) is 0 Å². The van der Waals surface area contributed by atoms with Crippen LogP contribution in [0.4, 0.5) is 0 Å². The van der Waals surface area contributed by atoms with Crippen molar-refractivity contribution in [2.45, 2.75) is 52.5 Å². The molecule has 3 heteroatoms. The zero-order valence-electron chi connectivity index (χ0n) is 10.2. The summed E-state index contributed by atoms with van der Waals surface area (Å²) in [4.78, 5) is 12.1. The van der Waals surface area contributed by atoms with Crippen molar-refractivity contribution in [3.8, 4) is 0 Å². The standard InChI is InChI=1S/C12H24N2O/c1-9(2)7-12(5-4-6-12)11(15)14-10(3)8-13/h9-10H,4-8,13H2,1-3H3,(H,14,15)/t10-/m0/s1. The predicted molar refractivity (Wildman–Crippen MR) is 62.4 cm³/mol. The van der Waals surface area contributed by atoms with E-state index in [4.69, 9.17) is 5.73 Å². The topological polar surface area (TPSA) is 55.1 Å². The number of nitrogens with two attached hydrogens (primary N) is 1. The van der Waals surface area contributed by atoms with Crippen molar-refractivity contribution in [3.63, 3.8) is 0 Å². The molecule has 0 aliphatic heterocycles. The van der Waals surface area contributed by atoms with E-state index in [-0.39, 0.29) is 17.4 Å². The van der Waals surface area contributed by atoms with Gasteiger partial charge in [0.05, 0.1) is 0 Å². The van der Waals surface area contributed by atoms with E-state index < -0.39 is 0 Å². The Morgan fingerprint density at radius 1 is 1.40 bits per heavy atom. The zero-order valence-corrected chi connectivity index (χ0v) is 10.2. The van der Waals surface area contributed by atoms with E-state index in [0.29, 0.717) is 12.5 Å². The van der Waals surface area contributed by atoms with Gasteiger partial charge in [0.25, 0.3) is 0 Å². The zero-order chi connectivity index (χ0) is 11.5. The molecule has 1 fully saturated rings. The Bertz CT molecular complexity index is 222. The summed E-state index contributed by atoms with van der Waals surface area (Å²) in [6.45, 7) is 6.84. The van der Waals surface area contributed by atoms with Gasteiger partial charge in [0, 0.05) is 18.0 Å². The molecule has 0 aromatic carbocycles. The third kappa shape index (κ3) is 2.94. The van der Waals surface area contributed by atoms with Gasteiger partial charge < -0.3 is 11.1 Å². The lowest BCUT2D eigenvalue weighted by molar-refractivity contribution is -0.138. The quantitative estimate of drug-likeness (QED) is 0.728. The largest absolute Gasteiger partial charge is 0.352 e. The van der Waals surface area contributed by atoms with Crippen LogP contribution in [0.5, 0.6) is 0 Å². The number of carbonyl (C=O) groups excluding carboxylic acids is 1. The first-order valence-corrected chi connectivity index (χ1v) is 6.01. The van der Waals surface area contributed by atoms with Crippen molar-refractivity contribution in [1.82, 2.24) is 5.32 Å². The molecule has 0 unspecified atom stereocenters. The summed E-state index contributed by atoms with van der Waals surface area (Å²) < 4.78 is 0. The Balaban J connectivity index is 2.53. The van der Waals surface area contributed by atoms with Crippen LogP contribution in [-0.2, 0) is 4.79 Å². The molecule has 0 aromatic rings.